The molecular formula is C14H16N2OS. The van der Waals surface area contributed by atoms with Crippen LogP contribution in [0.1, 0.15) is 33.2 Å². The minimum atomic E-state index is 0.0563. The maximum Gasteiger partial charge on any atom is 0.0725 e. The Bertz CT molecular complexity index is 565. The molecule has 1 aromatic heterocycles. The van der Waals surface area contributed by atoms with Crippen molar-refractivity contribution in [2.75, 3.05) is 0 Å². The summed E-state index contributed by atoms with van der Waals surface area (Å²) < 4.78 is 5.44. The summed E-state index contributed by atoms with van der Waals surface area (Å²) in [6.45, 7) is 3.55. The van der Waals surface area contributed by atoms with Gasteiger partial charge in [0.25, 0.3) is 0 Å². The summed E-state index contributed by atoms with van der Waals surface area (Å²) in [6.07, 6.45) is 0. The predicted molar refractivity (Wildman–Crippen MR) is 73.2 cm³/mol. The van der Waals surface area contributed by atoms with Crippen LogP contribution in [-0.2, 0) is 18.0 Å². The molecule has 0 aliphatic carbocycles. The summed E-state index contributed by atoms with van der Waals surface area (Å²) in [6, 6.07) is 8.70. The molecule has 3 nitrogen and oxygen atoms in total. The number of hydrazine groups is 1. The summed E-state index contributed by atoms with van der Waals surface area (Å²) in [7, 11) is 0. The molecule has 1 aromatic carbocycles. The molecule has 0 amide bonds. The predicted octanol–water partition coefficient (Wildman–Crippen LogP) is 2.64. The monoisotopic (exact) mass is 260 g/mol. The van der Waals surface area contributed by atoms with Crippen molar-refractivity contribution in [1.29, 1.82) is 0 Å². The normalized spacial score (nSPS) is 15.7. The van der Waals surface area contributed by atoms with Crippen molar-refractivity contribution >= 4 is 11.3 Å². The Hall–Kier alpha value is -1.20. The Kier molecular flexibility index (Phi) is 3.18. The number of ether oxygens (including phenoxy) is 1. The van der Waals surface area contributed by atoms with Gasteiger partial charge in [0.15, 0.2) is 0 Å². The van der Waals surface area contributed by atoms with Gasteiger partial charge in [0, 0.05) is 4.88 Å². The molecule has 2 heterocycles. The highest BCUT2D eigenvalue weighted by molar-refractivity contribution is 7.10. The molecule has 18 heavy (non-hydrogen) atoms. The van der Waals surface area contributed by atoms with Crippen LogP contribution in [0, 0.1) is 6.92 Å². The smallest absolute Gasteiger partial charge is 0.0725 e. The third-order valence-electron chi connectivity index (χ3n) is 3.33. The van der Waals surface area contributed by atoms with Crippen molar-refractivity contribution in [1.82, 2.24) is 5.43 Å². The highest BCUT2D eigenvalue weighted by Crippen LogP contribution is 2.29. The first-order chi connectivity index (χ1) is 8.78. The fourth-order valence-corrected chi connectivity index (χ4v) is 3.10. The van der Waals surface area contributed by atoms with E-state index in [1.807, 2.05) is 0 Å². The zero-order valence-corrected chi connectivity index (χ0v) is 11.1. The van der Waals surface area contributed by atoms with Crippen molar-refractivity contribution < 1.29 is 4.74 Å². The standard InChI is InChI=1S/C14H16N2OS/c1-9-4-13(8-18-9)14(16-15)10-2-3-11-6-17-7-12(11)5-10/h2-5,8,14,16H,6-7,15H2,1H3. The summed E-state index contributed by atoms with van der Waals surface area (Å²) in [5.74, 6) is 5.71. The van der Waals surface area contributed by atoms with E-state index in [-0.39, 0.29) is 6.04 Å². The van der Waals surface area contributed by atoms with Crippen LogP contribution in [0.15, 0.2) is 29.6 Å². The lowest BCUT2D eigenvalue weighted by Gasteiger charge is -2.16. The second-order valence-electron chi connectivity index (χ2n) is 4.61. The Balaban J connectivity index is 1.96. The largest absolute Gasteiger partial charge is 0.372 e. The second kappa shape index (κ2) is 4.82. The molecule has 0 bridgehead atoms. The van der Waals surface area contributed by atoms with Gasteiger partial charge in [-0.3, -0.25) is 5.84 Å². The Labute approximate surface area is 111 Å². The van der Waals surface area contributed by atoms with E-state index < -0.39 is 0 Å². The lowest BCUT2D eigenvalue weighted by Crippen LogP contribution is -2.28. The third kappa shape index (κ3) is 2.08. The molecule has 94 valence electrons. The average Bonchev–Trinajstić information content (AvgIpc) is 2.99. The van der Waals surface area contributed by atoms with Crippen LogP contribution in [0.2, 0.25) is 0 Å². The van der Waals surface area contributed by atoms with Crippen molar-refractivity contribution in [2.45, 2.75) is 26.2 Å². The Morgan fingerprint density at radius 3 is 2.78 bits per heavy atom. The molecule has 2 aromatic rings. The van der Waals surface area contributed by atoms with Gasteiger partial charge < -0.3 is 4.74 Å². The van der Waals surface area contributed by atoms with Crippen LogP contribution in [0.4, 0.5) is 0 Å². The van der Waals surface area contributed by atoms with Gasteiger partial charge in [0.2, 0.25) is 0 Å². The van der Waals surface area contributed by atoms with Crippen molar-refractivity contribution in [2.24, 2.45) is 5.84 Å². The third-order valence-corrected chi connectivity index (χ3v) is 4.21. The number of nitrogens with one attached hydrogen (secondary N) is 1. The van der Waals surface area contributed by atoms with E-state index in [0.717, 1.165) is 6.61 Å². The van der Waals surface area contributed by atoms with Gasteiger partial charge in [-0.25, -0.2) is 5.43 Å². The lowest BCUT2D eigenvalue weighted by atomic mass is 9.98. The summed E-state index contributed by atoms with van der Waals surface area (Å²) in [5, 5.41) is 2.16. The van der Waals surface area contributed by atoms with E-state index in [2.05, 4.69) is 42.0 Å². The molecule has 3 N–H and O–H groups in total. The van der Waals surface area contributed by atoms with Gasteiger partial charge in [-0.1, -0.05) is 18.2 Å². The molecule has 1 atom stereocenters. The first-order valence-corrected chi connectivity index (χ1v) is 6.86. The van der Waals surface area contributed by atoms with E-state index in [1.165, 1.54) is 27.1 Å². The number of hydrogen-bond donors (Lipinski definition) is 2. The molecule has 1 unspecified atom stereocenters. The van der Waals surface area contributed by atoms with Crippen LogP contribution < -0.4 is 11.3 Å². The second-order valence-corrected chi connectivity index (χ2v) is 5.73. The van der Waals surface area contributed by atoms with E-state index >= 15 is 0 Å². The zero-order chi connectivity index (χ0) is 12.5. The summed E-state index contributed by atoms with van der Waals surface area (Å²) in [5.41, 5.74) is 7.89. The van der Waals surface area contributed by atoms with Gasteiger partial charge in [-0.2, -0.15) is 0 Å². The van der Waals surface area contributed by atoms with Gasteiger partial charge >= 0.3 is 0 Å². The maximum absolute atomic E-state index is 5.71. The number of rotatable bonds is 3. The molecule has 0 saturated heterocycles. The highest BCUT2D eigenvalue weighted by atomic mass is 32.1. The average molecular weight is 260 g/mol. The molecule has 0 saturated carbocycles. The minimum Gasteiger partial charge on any atom is -0.372 e. The quantitative estimate of drug-likeness (QED) is 0.659. The number of aryl methyl sites for hydroxylation is 1. The van der Waals surface area contributed by atoms with Crippen LogP contribution >= 0.6 is 11.3 Å². The number of thiophene rings is 1. The maximum atomic E-state index is 5.71. The van der Waals surface area contributed by atoms with Crippen LogP contribution in [0.25, 0.3) is 0 Å². The van der Waals surface area contributed by atoms with Crippen LogP contribution in [0.5, 0.6) is 0 Å². The van der Waals surface area contributed by atoms with Gasteiger partial charge in [0.05, 0.1) is 19.3 Å². The number of fused-ring (bicyclic) bond motifs is 1. The SMILES string of the molecule is Cc1cc(C(NN)c2ccc3c(c2)COC3)cs1. The zero-order valence-electron chi connectivity index (χ0n) is 10.3. The first-order valence-electron chi connectivity index (χ1n) is 5.98. The van der Waals surface area contributed by atoms with E-state index in [1.54, 1.807) is 11.3 Å². The molecule has 1 aliphatic rings. The molecule has 0 radical (unpaired) electrons. The Morgan fingerprint density at radius 1 is 1.22 bits per heavy atom. The summed E-state index contributed by atoms with van der Waals surface area (Å²) in [4.78, 5) is 1.30. The number of benzene rings is 1. The molecule has 3 rings (SSSR count). The first kappa shape index (κ1) is 11.9. The fourth-order valence-electron chi connectivity index (χ4n) is 2.37. The Morgan fingerprint density at radius 2 is 2.06 bits per heavy atom. The summed E-state index contributed by atoms with van der Waals surface area (Å²) >= 11 is 1.75. The van der Waals surface area contributed by atoms with E-state index in [0.29, 0.717) is 6.61 Å². The molecule has 0 fully saturated rings. The van der Waals surface area contributed by atoms with Crippen LogP contribution in [0.3, 0.4) is 0 Å². The highest BCUT2D eigenvalue weighted by Gasteiger charge is 2.17. The number of nitrogens with two attached hydrogens (primary N) is 1. The fraction of sp³-hybridized carbons (Fsp3) is 0.286. The topological polar surface area (TPSA) is 47.3 Å². The molecular weight excluding hydrogens is 244 g/mol. The molecule has 4 heteroatoms. The minimum absolute atomic E-state index is 0.0563. The van der Waals surface area contributed by atoms with Gasteiger partial charge in [-0.05, 0) is 40.6 Å². The molecule has 1 aliphatic heterocycles. The van der Waals surface area contributed by atoms with E-state index in [4.69, 9.17) is 10.6 Å². The van der Waals surface area contributed by atoms with Gasteiger partial charge in [-0.15, -0.1) is 11.3 Å². The van der Waals surface area contributed by atoms with Crippen molar-refractivity contribution in [3.05, 3.63) is 56.8 Å². The van der Waals surface area contributed by atoms with Crippen molar-refractivity contribution in [3.63, 3.8) is 0 Å². The van der Waals surface area contributed by atoms with Crippen LogP contribution in [-0.4, -0.2) is 0 Å². The number of hydrogen-bond acceptors (Lipinski definition) is 4. The van der Waals surface area contributed by atoms with E-state index in [9.17, 15) is 0 Å². The van der Waals surface area contributed by atoms with Crippen molar-refractivity contribution in [3.8, 4) is 0 Å². The lowest BCUT2D eigenvalue weighted by molar-refractivity contribution is 0.134. The van der Waals surface area contributed by atoms with Gasteiger partial charge in [0.1, 0.15) is 0 Å². The molecule has 0 spiro atoms.